The van der Waals surface area contributed by atoms with Gasteiger partial charge in [-0.1, -0.05) is 0 Å². The molecule has 1 aliphatic heterocycles. The zero-order chi connectivity index (χ0) is 9.14. The summed E-state index contributed by atoms with van der Waals surface area (Å²) >= 11 is 0. The van der Waals surface area contributed by atoms with E-state index in [2.05, 4.69) is 4.90 Å². The van der Waals surface area contributed by atoms with Crippen LogP contribution in [-0.2, 0) is 9.53 Å². The molecule has 4 nitrogen and oxygen atoms in total. The number of rotatable bonds is 2. The third kappa shape index (κ3) is 2.19. The van der Waals surface area contributed by atoms with Gasteiger partial charge in [-0.25, -0.2) is 0 Å². The van der Waals surface area contributed by atoms with Gasteiger partial charge in [0.25, 0.3) is 0 Å². The highest BCUT2D eigenvalue weighted by atomic mass is 16.5. The first kappa shape index (κ1) is 9.48. The van der Waals surface area contributed by atoms with Crippen LogP contribution < -0.4 is 5.73 Å². The fraction of sp³-hybridized carbons (Fsp3) is 0.875. The van der Waals surface area contributed by atoms with Crippen molar-refractivity contribution in [1.82, 2.24) is 4.90 Å². The number of primary amides is 1. The number of nitrogens with zero attached hydrogens (tertiary/aromatic N) is 1. The molecule has 70 valence electrons. The molecule has 1 fully saturated rings. The zero-order valence-electron chi connectivity index (χ0n) is 7.62. The van der Waals surface area contributed by atoms with Gasteiger partial charge in [0.2, 0.25) is 5.91 Å². The third-order valence-electron chi connectivity index (χ3n) is 2.19. The van der Waals surface area contributed by atoms with Crippen molar-refractivity contribution in [3.63, 3.8) is 0 Å². The van der Waals surface area contributed by atoms with Gasteiger partial charge in [-0.2, -0.15) is 0 Å². The van der Waals surface area contributed by atoms with Gasteiger partial charge in [0.05, 0.1) is 19.8 Å². The molecule has 2 N–H and O–H groups in total. The predicted molar refractivity (Wildman–Crippen MR) is 45.6 cm³/mol. The van der Waals surface area contributed by atoms with Crippen molar-refractivity contribution in [2.24, 2.45) is 5.73 Å². The Morgan fingerprint density at radius 2 is 2.00 bits per heavy atom. The highest BCUT2D eigenvalue weighted by molar-refractivity contribution is 5.76. The summed E-state index contributed by atoms with van der Waals surface area (Å²) in [5.74, 6) is -0.268. The minimum Gasteiger partial charge on any atom is -0.378 e. The van der Waals surface area contributed by atoms with Crippen molar-refractivity contribution in [3.8, 4) is 0 Å². The maximum Gasteiger partial charge on any atom is 0.231 e. The molecule has 1 heterocycles. The number of ether oxygens (including phenoxy) is 1. The highest BCUT2D eigenvalue weighted by Gasteiger charge is 2.25. The Labute approximate surface area is 72.7 Å². The van der Waals surface area contributed by atoms with Gasteiger partial charge in [0.15, 0.2) is 0 Å². The molecule has 0 aromatic rings. The SMILES string of the molecule is CC1COCC(C)N1CC(N)=O. The van der Waals surface area contributed by atoms with Gasteiger partial charge >= 0.3 is 0 Å². The lowest BCUT2D eigenvalue weighted by atomic mass is 10.2. The van der Waals surface area contributed by atoms with E-state index >= 15 is 0 Å². The van der Waals surface area contributed by atoms with Gasteiger partial charge in [-0.05, 0) is 13.8 Å². The van der Waals surface area contributed by atoms with Gasteiger partial charge in [-0.3, -0.25) is 9.69 Å². The standard InChI is InChI=1S/C8H16N2O2/c1-6-4-12-5-7(2)10(6)3-8(9)11/h6-7H,3-5H2,1-2H3,(H2,9,11). The molecule has 1 rings (SSSR count). The predicted octanol–water partition coefficient (Wildman–Crippen LogP) is -0.419. The summed E-state index contributed by atoms with van der Waals surface area (Å²) in [4.78, 5) is 12.8. The second kappa shape index (κ2) is 3.87. The maximum absolute atomic E-state index is 10.7. The van der Waals surface area contributed by atoms with Crippen LogP contribution in [0.1, 0.15) is 13.8 Å². The summed E-state index contributed by atoms with van der Waals surface area (Å²) in [7, 11) is 0. The maximum atomic E-state index is 10.7. The van der Waals surface area contributed by atoms with E-state index in [1.54, 1.807) is 0 Å². The molecule has 1 aliphatic rings. The van der Waals surface area contributed by atoms with E-state index in [1.807, 2.05) is 13.8 Å². The first-order valence-electron chi connectivity index (χ1n) is 4.23. The van der Waals surface area contributed by atoms with Crippen molar-refractivity contribution >= 4 is 5.91 Å². The van der Waals surface area contributed by atoms with Gasteiger partial charge in [-0.15, -0.1) is 0 Å². The third-order valence-corrected chi connectivity index (χ3v) is 2.19. The zero-order valence-corrected chi connectivity index (χ0v) is 7.62. The van der Waals surface area contributed by atoms with Crippen molar-refractivity contribution < 1.29 is 9.53 Å². The summed E-state index contributed by atoms with van der Waals surface area (Å²) in [6, 6.07) is 0.586. The lowest BCUT2D eigenvalue weighted by Crippen LogP contribution is -2.52. The molecule has 2 atom stereocenters. The summed E-state index contributed by atoms with van der Waals surface area (Å²) < 4.78 is 5.31. The van der Waals surface area contributed by atoms with Crippen molar-refractivity contribution in [3.05, 3.63) is 0 Å². The largest absolute Gasteiger partial charge is 0.378 e. The van der Waals surface area contributed by atoms with Crippen LogP contribution in [0.2, 0.25) is 0 Å². The van der Waals surface area contributed by atoms with Crippen LogP contribution in [0, 0.1) is 0 Å². The second-order valence-corrected chi connectivity index (χ2v) is 3.37. The number of carbonyl (C=O) groups is 1. The van der Waals surface area contributed by atoms with E-state index in [1.165, 1.54) is 0 Å². The summed E-state index contributed by atoms with van der Waals surface area (Å²) in [6.45, 7) is 5.80. The molecule has 0 saturated carbocycles. The Morgan fingerprint density at radius 3 is 2.42 bits per heavy atom. The Bertz CT molecular complexity index is 162. The van der Waals surface area contributed by atoms with Crippen LogP contribution >= 0.6 is 0 Å². The van der Waals surface area contributed by atoms with Gasteiger partial charge in [0.1, 0.15) is 0 Å². The second-order valence-electron chi connectivity index (χ2n) is 3.37. The van der Waals surface area contributed by atoms with E-state index in [0.717, 1.165) is 0 Å². The van der Waals surface area contributed by atoms with E-state index in [0.29, 0.717) is 31.8 Å². The molecule has 0 radical (unpaired) electrons. The first-order valence-corrected chi connectivity index (χ1v) is 4.23. The minimum absolute atomic E-state index is 0.268. The smallest absolute Gasteiger partial charge is 0.231 e. The lowest BCUT2D eigenvalue weighted by molar-refractivity contribution is -0.123. The highest BCUT2D eigenvalue weighted by Crippen LogP contribution is 2.11. The van der Waals surface area contributed by atoms with Crippen molar-refractivity contribution in [2.45, 2.75) is 25.9 Å². The van der Waals surface area contributed by atoms with Crippen LogP contribution in [0.5, 0.6) is 0 Å². The summed E-state index contributed by atoms with van der Waals surface area (Å²) in [5.41, 5.74) is 5.13. The van der Waals surface area contributed by atoms with Crippen LogP contribution in [0.4, 0.5) is 0 Å². The molecule has 1 saturated heterocycles. The Balaban J connectivity index is 2.50. The van der Waals surface area contributed by atoms with Crippen molar-refractivity contribution in [2.75, 3.05) is 19.8 Å². The number of hydrogen-bond acceptors (Lipinski definition) is 3. The van der Waals surface area contributed by atoms with Crippen LogP contribution in [-0.4, -0.2) is 42.6 Å². The monoisotopic (exact) mass is 172 g/mol. The van der Waals surface area contributed by atoms with Crippen LogP contribution in [0.25, 0.3) is 0 Å². The van der Waals surface area contributed by atoms with E-state index in [9.17, 15) is 4.79 Å². The summed E-state index contributed by atoms with van der Waals surface area (Å²) in [6.07, 6.45) is 0. The molecule has 0 bridgehead atoms. The Kier molecular flexibility index (Phi) is 3.05. The Morgan fingerprint density at radius 1 is 1.50 bits per heavy atom. The molecular weight excluding hydrogens is 156 g/mol. The fourth-order valence-electron chi connectivity index (χ4n) is 1.53. The first-order chi connectivity index (χ1) is 5.61. The lowest BCUT2D eigenvalue weighted by Gasteiger charge is -2.37. The molecule has 0 aromatic carbocycles. The quantitative estimate of drug-likeness (QED) is 0.615. The molecule has 1 amide bonds. The van der Waals surface area contributed by atoms with E-state index in [-0.39, 0.29) is 5.91 Å². The molecule has 0 aliphatic carbocycles. The topological polar surface area (TPSA) is 55.6 Å². The molecular formula is C8H16N2O2. The summed E-state index contributed by atoms with van der Waals surface area (Å²) in [5, 5.41) is 0. The van der Waals surface area contributed by atoms with Gasteiger partial charge in [0, 0.05) is 12.1 Å². The number of carbonyl (C=O) groups excluding carboxylic acids is 1. The van der Waals surface area contributed by atoms with E-state index < -0.39 is 0 Å². The van der Waals surface area contributed by atoms with Crippen LogP contribution in [0.3, 0.4) is 0 Å². The van der Waals surface area contributed by atoms with E-state index in [4.69, 9.17) is 10.5 Å². The van der Waals surface area contributed by atoms with Crippen LogP contribution in [0.15, 0.2) is 0 Å². The molecule has 0 spiro atoms. The molecule has 4 heteroatoms. The molecule has 0 aromatic heterocycles. The minimum atomic E-state index is -0.268. The number of amides is 1. The number of morpholine rings is 1. The number of nitrogens with two attached hydrogens (primary N) is 1. The fourth-order valence-corrected chi connectivity index (χ4v) is 1.53. The average molecular weight is 172 g/mol. The number of hydrogen-bond donors (Lipinski definition) is 1. The molecule has 2 unspecified atom stereocenters. The Hall–Kier alpha value is -0.610. The van der Waals surface area contributed by atoms with Gasteiger partial charge < -0.3 is 10.5 Å². The normalized spacial score (nSPS) is 31.8. The molecule has 12 heavy (non-hydrogen) atoms. The average Bonchev–Trinajstić information content (AvgIpc) is 1.97. The van der Waals surface area contributed by atoms with Crippen molar-refractivity contribution in [1.29, 1.82) is 0 Å².